The van der Waals surface area contributed by atoms with E-state index in [-0.39, 0.29) is 22.9 Å². The average molecular weight is 238 g/mol. The van der Waals surface area contributed by atoms with Crippen LogP contribution in [0.4, 0.5) is 0 Å². The van der Waals surface area contributed by atoms with Gasteiger partial charge in [0.2, 0.25) is 0 Å². The number of H-pyrrole nitrogens is 1. The molecule has 0 fully saturated rings. The number of aromatic amines is 1. The Labute approximate surface area is 100 Å². The van der Waals surface area contributed by atoms with E-state index in [1.807, 2.05) is 13.8 Å². The molecule has 0 radical (unpaired) electrons. The Morgan fingerprint density at radius 2 is 2.24 bits per heavy atom. The van der Waals surface area contributed by atoms with E-state index < -0.39 is 0 Å². The van der Waals surface area contributed by atoms with Crippen LogP contribution in [0.2, 0.25) is 0 Å². The van der Waals surface area contributed by atoms with Crippen LogP contribution in [0.25, 0.3) is 0 Å². The van der Waals surface area contributed by atoms with E-state index in [4.69, 9.17) is 4.74 Å². The van der Waals surface area contributed by atoms with Crippen molar-refractivity contribution < 1.29 is 9.53 Å². The number of rotatable bonds is 5. The summed E-state index contributed by atoms with van der Waals surface area (Å²) in [6.45, 7) is 4.74. The minimum Gasteiger partial charge on any atom is -0.383 e. The maximum atomic E-state index is 12.2. The quantitative estimate of drug-likeness (QED) is 0.828. The lowest BCUT2D eigenvalue weighted by Crippen LogP contribution is -2.41. The minimum absolute atomic E-state index is 0.0252. The number of methoxy groups -OCH3 is 1. The Bertz CT molecular complexity index is 426. The second-order valence-corrected chi connectivity index (χ2v) is 4.01. The summed E-state index contributed by atoms with van der Waals surface area (Å²) in [6, 6.07) is 1.37. The third kappa shape index (κ3) is 3.42. The number of nitrogens with one attached hydrogen (secondary N) is 1. The zero-order valence-corrected chi connectivity index (χ0v) is 10.4. The number of carbonyl (C=O) groups is 1. The summed E-state index contributed by atoms with van der Waals surface area (Å²) in [5, 5.41) is 0. The van der Waals surface area contributed by atoms with Crippen LogP contribution in [-0.4, -0.2) is 42.1 Å². The molecule has 1 aromatic rings. The van der Waals surface area contributed by atoms with Crippen molar-refractivity contribution in [2.45, 2.75) is 19.9 Å². The Hall–Kier alpha value is -1.62. The predicted octanol–water partition coefficient (Wildman–Crippen LogP) is 0.872. The van der Waals surface area contributed by atoms with Crippen molar-refractivity contribution in [2.75, 3.05) is 20.3 Å². The molecule has 0 bridgehead atoms. The Balaban J connectivity index is 2.92. The van der Waals surface area contributed by atoms with Crippen molar-refractivity contribution in [3.63, 3.8) is 0 Å². The van der Waals surface area contributed by atoms with E-state index in [1.54, 1.807) is 12.0 Å². The number of ether oxygens (including phenoxy) is 1. The molecule has 17 heavy (non-hydrogen) atoms. The van der Waals surface area contributed by atoms with E-state index >= 15 is 0 Å². The van der Waals surface area contributed by atoms with Crippen molar-refractivity contribution in [3.05, 3.63) is 34.2 Å². The normalized spacial score (nSPS) is 10.6. The Morgan fingerprint density at radius 1 is 1.53 bits per heavy atom. The van der Waals surface area contributed by atoms with E-state index in [9.17, 15) is 9.59 Å². The molecule has 0 saturated heterocycles. The van der Waals surface area contributed by atoms with Crippen molar-refractivity contribution in [2.24, 2.45) is 0 Å². The summed E-state index contributed by atoms with van der Waals surface area (Å²) in [5.74, 6) is -0.265. The van der Waals surface area contributed by atoms with Crippen molar-refractivity contribution in [1.82, 2.24) is 9.88 Å². The zero-order valence-electron chi connectivity index (χ0n) is 10.4. The van der Waals surface area contributed by atoms with Crippen LogP contribution in [0, 0.1) is 0 Å². The number of aromatic nitrogens is 1. The minimum atomic E-state index is -0.267. The molecule has 0 aliphatic heterocycles. The van der Waals surface area contributed by atoms with Gasteiger partial charge in [-0.05, 0) is 13.8 Å². The van der Waals surface area contributed by atoms with Gasteiger partial charge in [-0.25, -0.2) is 0 Å². The van der Waals surface area contributed by atoms with Gasteiger partial charge in [0.25, 0.3) is 5.91 Å². The molecule has 0 aliphatic rings. The molecule has 1 aromatic heterocycles. The van der Waals surface area contributed by atoms with Crippen LogP contribution in [0.15, 0.2) is 23.3 Å². The summed E-state index contributed by atoms with van der Waals surface area (Å²) in [5.41, 5.74) is -0.103. The van der Waals surface area contributed by atoms with Gasteiger partial charge in [-0.1, -0.05) is 0 Å². The maximum absolute atomic E-state index is 12.2. The number of nitrogens with zero attached hydrogens (tertiary/aromatic N) is 1. The molecule has 1 N–H and O–H groups in total. The van der Waals surface area contributed by atoms with Gasteiger partial charge in [0, 0.05) is 38.2 Å². The van der Waals surface area contributed by atoms with Gasteiger partial charge in [-0.2, -0.15) is 0 Å². The Kier molecular flexibility index (Phi) is 4.90. The van der Waals surface area contributed by atoms with Crippen molar-refractivity contribution in [1.29, 1.82) is 0 Å². The van der Waals surface area contributed by atoms with Gasteiger partial charge in [0.05, 0.1) is 6.61 Å². The van der Waals surface area contributed by atoms with Gasteiger partial charge in [-0.15, -0.1) is 0 Å². The van der Waals surface area contributed by atoms with Crippen LogP contribution in [0.5, 0.6) is 0 Å². The topological polar surface area (TPSA) is 62.4 Å². The molecule has 94 valence electrons. The lowest BCUT2D eigenvalue weighted by atomic mass is 10.2. The predicted molar refractivity (Wildman–Crippen MR) is 65.1 cm³/mol. The lowest BCUT2D eigenvalue weighted by Gasteiger charge is -2.26. The highest BCUT2D eigenvalue weighted by Crippen LogP contribution is 2.04. The SMILES string of the molecule is COCCN(C(=O)c1c[nH]ccc1=O)C(C)C. The molecule has 0 aliphatic carbocycles. The number of pyridine rings is 1. The fourth-order valence-corrected chi connectivity index (χ4v) is 1.52. The highest BCUT2D eigenvalue weighted by Gasteiger charge is 2.20. The van der Waals surface area contributed by atoms with E-state index in [1.165, 1.54) is 18.5 Å². The first-order valence-electron chi connectivity index (χ1n) is 5.55. The third-order valence-electron chi connectivity index (χ3n) is 2.47. The summed E-state index contributed by atoms with van der Waals surface area (Å²) in [4.78, 5) is 28.1. The molecule has 1 amide bonds. The first-order chi connectivity index (χ1) is 8.07. The number of amides is 1. The highest BCUT2D eigenvalue weighted by molar-refractivity contribution is 5.93. The second-order valence-electron chi connectivity index (χ2n) is 4.01. The van der Waals surface area contributed by atoms with Crippen molar-refractivity contribution in [3.8, 4) is 0 Å². The molecule has 0 spiro atoms. The second kappa shape index (κ2) is 6.20. The maximum Gasteiger partial charge on any atom is 0.259 e. The molecule has 5 heteroatoms. The summed E-state index contributed by atoms with van der Waals surface area (Å²) >= 11 is 0. The van der Waals surface area contributed by atoms with Gasteiger partial charge in [0.1, 0.15) is 5.56 Å². The van der Waals surface area contributed by atoms with E-state index in [2.05, 4.69) is 4.98 Å². The first kappa shape index (κ1) is 13.4. The molecular weight excluding hydrogens is 220 g/mol. The van der Waals surface area contributed by atoms with Crippen LogP contribution < -0.4 is 5.43 Å². The number of hydrogen-bond donors (Lipinski definition) is 1. The van der Waals surface area contributed by atoms with Crippen molar-refractivity contribution >= 4 is 5.91 Å². The molecule has 0 atom stereocenters. The number of hydrogen-bond acceptors (Lipinski definition) is 3. The van der Waals surface area contributed by atoms with Crippen LogP contribution in [0.1, 0.15) is 24.2 Å². The molecule has 0 saturated carbocycles. The molecule has 5 nitrogen and oxygen atoms in total. The van der Waals surface area contributed by atoms with E-state index in [0.29, 0.717) is 13.2 Å². The summed E-state index contributed by atoms with van der Waals surface area (Å²) in [7, 11) is 1.58. The monoisotopic (exact) mass is 238 g/mol. The molecular formula is C12H18N2O3. The lowest BCUT2D eigenvalue weighted by molar-refractivity contribution is 0.0633. The van der Waals surface area contributed by atoms with Crippen LogP contribution in [0.3, 0.4) is 0 Å². The summed E-state index contributed by atoms with van der Waals surface area (Å²) in [6.07, 6.45) is 2.95. The fraction of sp³-hybridized carbons (Fsp3) is 0.500. The first-order valence-corrected chi connectivity index (χ1v) is 5.55. The fourth-order valence-electron chi connectivity index (χ4n) is 1.52. The largest absolute Gasteiger partial charge is 0.383 e. The van der Waals surface area contributed by atoms with Gasteiger partial charge in [0.15, 0.2) is 5.43 Å². The van der Waals surface area contributed by atoms with E-state index in [0.717, 1.165) is 0 Å². The zero-order chi connectivity index (χ0) is 12.8. The van der Waals surface area contributed by atoms with Gasteiger partial charge < -0.3 is 14.6 Å². The molecule has 1 rings (SSSR count). The average Bonchev–Trinajstić information content (AvgIpc) is 2.29. The molecule has 0 unspecified atom stereocenters. The van der Waals surface area contributed by atoms with Crippen LogP contribution >= 0.6 is 0 Å². The smallest absolute Gasteiger partial charge is 0.259 e. The van der Waals surface area contributed by atoms with Gasteiger partial charge in [-0.3, -0.25) is 9.59 Å². The standard InChI is InChI=1S/C12H18N2O3/c1-9(2)14(6-7-17-3)12(16)10-8-13-5-4-11(10)15/h4-5,8-9H,6-7H2,1-3H3,(H,13,15). The molecule has 0 aromatic carbocycles. The van der Waals surface area contributed by atoms with Gasteiger partial charge >= 0.3 is 0 Å². The van der Waals surface area contributed by atoms with Crippen LogP contribution in [-0.2, 0) is 4.74 Å². The Morgan fingerprint density at radius 3 is 2.76 bits per heavy atom. The summed E-state index contributed by atoms with van der Waals surface area (Å²) < 4.78 is 4.96. The third-order valence-corrected chi connectivity index (χ3v) is 2.47. The number of carbonyl (C=O) groups excluding carboxylic acids is 1. The molecule has 1 heterocycles. The highest BCUT2D eigenvalue weighted by atomic mass is 16.5.